The van der Waals surface area contributed by atoms with Gasteiger partial charge in [0.05, 0.1) is 22.5 Å². The van der Waals surface area contributed by atoms with E-state index in [0.717, 1.165) is 35.7 Å². The van der Waals surface area contributed by atoms with E-state index in [1.807, 2.05) is 72.3 Å². The van der Waals surface area contributed by atoms with Crippen LogP contribution in [-0.4, -0.2) is 39.0 Å². The van der Waals surface area contributed by atoms with Gasteiger partial charge in [0.25, 0.3) is 11.5 Å². The first kappa shape index (κ1) is 21.9. The van der Waals surface area contributed by atoms with E-state index in [1.165, 1.54) is 0 Å². The predicted octanol–water partition coefficient (Wildman–Crippen LogP) is 3.54. The number of aromatic nitrogens is 2. The van der Waals surface area contributed by atoms with Crippen molar-refractivity contribution in [3.8, 4) is 5.69 Å². The number of hydrogen-bond acceptors (Lipinski definition) is 4. The van der Waals surface area contributed by atoms with Crippen molar-refractivity contribution in [1.82, 2.24) is 19.7 Å². The number of carbonyl (C=O) groups is 1. The largest absolute Gasteiger partial charge is 0.297 e. The van der Waals surface area contributed by atoms with Gasteiger partial charge in [-0.2, -0.15) is 5.10 Å². The molecule has 0 aliphatic carbocycles. The van der Waals surface area contributed by atoms with Crippen LogP contribution in [0.4, 0.5) is 0 Å². The summed E-state index contributed by atoms with van der Waals surface area (Å²) in [5, 5.41) is 4.41. The van der Waals surface area contributed by atoms with Crippen molar-refractivity contribution in [3.63, 3.8) is 0 Å². The lowest BCUT2D eigenvalue weighted by molar-refractivity contribution is -0.128. The van der Waals surface area contributed by atoms with E-state index in [9.17, 15) is 9.59 Å². The van der Waals surface area contributed by atoms with Gasteiger partial charge in [0.2, 0.25) is 0 Å². The lowest BCUT2D eigenvalue weighted by Crippen LogP contribution is -2.48. The van der Waals surface area contributed by atoms with Crippen LogP contribution in [0.5, 0.6) is 0 Å². The van der Waals surface area contributed by atoms with Crippen molar-refractivity contribution in [2.45, 2.75) is 32.9 Å². The van der Waals surface area contributed by atoms with E-state index in [0.29, 0.717) is 30.4 Å². The molecular formula is C25H26BrN5O2. The van der Waals surface area contributed by atoms with Gasteiger partial charge in [0.15, 0.2) is 0 Å². The number of benzene rings is 2. The molecule has 8 heteroatoms. The highest BCUT2D eigenvalue weighted by Crippen LogP contribution is 2.39. The number of halogens is 1. The van der Waals surface area contributed by atoms with Crippen molar-refractivity contribution < 1.29 is 4.79 Å². The average Bonchev–Trinajstić information content (AvgIpc) is 3.30. The predicted molar refractivity (Wildman–Crippen MR) is 131 cm³/mol. The Morgan fingerprint density at radius 3 is 2.27 bits per heavy atom. The van der Waals surface area contributed by atoms with Gasteiger partial charge >= 0.3 is 0 Å². The summed E-state index contributed by atoms with van der Waals surface area (Å²) in [5.41, 5.74) is 5.72. The molecule has 1 aromatic heterocycles. The monoisotopic (exact) mass is 507 g/mol. The second-order valence-electron chi connectivity index (χ2n) is 8.55. The number of likely N-dealkylation sites (tertiary alicyclic amines) is 1. The molecule has 0 atom stereocenters. The fraction of sp³-hybridized carbons (Fsp3) is 0.320. The van der Waals surface area contributed by atoms with Gasteiger partial charge in [-0.1, -0.05) is 48.5 Å². The van der Waals surface area contributed by atoms with Gasteiger partial charge in [-0.3, -0.25) is 19.2 Å². The number of nitrogens with one attached hydrogen (secondary N) is 1. The third-order valence-electron chi connectivity index (χ3n) is 6.77. The molecule has 1 saturated heterocycles. The van der Waals surface area contributed by atoms with Crippen molar-refractivity contribution in [3.05, 3.63) is 86.7 Å². The summed E-state index contributed by atoms with van der Waals surface area (Å²) >= 11 is 3.56. The molecule has 1 spiro atoms. The van der Waals surface area contributed by atoms with Crippen LogP contribution in [0, 0.1) is 5.41 Å². The molecule has 170 valence electrons. The van der Waals surface area contributed by atoms with E-state index in [1.54, 1.807) is 4.68 Å². The Balaban J connectivity index is 1.39. The van der Waals surface area contributed by atoms with E-state index in [4.69, 9.17) is 0 Å². The summed E-state index contributed by atoms with van der Waals surface area (Å²) in [6, 6.07) is 19.6. The molecule has 0 unspecified atom stereocenters. The first-order chi connectivity index (χ1) is 16.0. The quantitative estimate of drug-likeness (QED) is 0.573. The lowest BCUT2D eigenvalue weighted by Gasteiger charge is -2.38. The van der Waals surface area contributed by atoms with Gasteiger partial charge < -0.3 is 0 Å². The number of carbonyl (C=O) groups excluding carboxylic acids is 1. The maximum atomic E-state index is 13.1. The topological polar surface area (TPSA) is 71.6 Å². The SMILES string of the molecule is CCn1c(CN2CCC3(CC2)C(=O)NN=C3c2ccccc2)c(Br)c(=O)n1-c1ccccc1. The number of piperidine rings is 1. The molecule has 2 aliphatic heterocycles. The molecule has 0 bridgehead atoms. The average molecular weight is 508 g/mol. The summed E-state index contributed by atoms with van der Waals surface area (Å²) in [6.45, 7) is 4.86. The van der Waals surface area contributed by atoms with Gasteiger partial charge in [0, 0.05) is 13.1 Å². The van der Waals surface area contributed by atoms with E-state index < -0.39 is 5.41 Å². The minimum Gasteiger partial charge on any atom is -0.297 e. The van der Waals surface area contributed by atoms with Crippen molar-refractivity contribution >= 4 is 27.5 Å². The van der Waals surface area contributed by atoms with Crippen LogP contribution in [0.1, 0.15) is 31.0 Å². The molecule has 0 saturated carbocycles. The van der Waals surface area contributed by atoms with Crippen LogP contribution in [0.15, 0.2) is 75.0 Å². The molecule has 3 heterocycles. The van der Waals surface area contributed by atoms with Crippen molar-refractivity contribution in [1.29, 1.82) is 0 Å². The van der Waals surface area contributed by atoms with Crippen molar-refractivity contribution in [2.75, 3.05) is 13.1 Å². The maximum Gasteiger partial charge on any atom is 0.286 e. The van der Waals surface area contributed by atoms with Crippen LogP contribution >= 0.6 is 15.9 Å². The number of nitrogens with zero attached hydrogens (tertiary/aromatic N) is 4. The smallest absolute Gasteiger partial charge is 0.286 e. The van der Waals surface area contributed by atoms with Crippen LogP contribution in [0.25, 0.3) is 5.69 Å². The van der Waals surface area contributed by atoms with Gasteiger partial charge in [-0.15, -0.1) is 0 Å². The summed E-state index contributed by atoms with van der Waals surface area (Å²) < 4.78 is 4.36. The zero-order valence-electron chi connectivity index (χ0n) is 18.5. The first-order valence-corrected chi connectivity index (χ1v) is 12.1. The van der Waals surface area contributed by atoms with E-state index in [2.05, 4.69) is 31.4 Å². The highest BCUT2D eigenvalue weighted by atomic mass is 79.9. The highest BCUT2D eigenvalue weighted by molar-refractivity contribution is 9.10. The fourth-order valence-corrected chi connectivity index (χ4v) is 5.50. The normalized spacial score (nSPS) is 17.9. The first-order valence-electron chi connectivity index (χ1n) is 11.3. The number of para-hydroxylation sites is 1. The molecule has 1 fully saturated rings. The Kier molecular flexibility index (Phi) is 5.80. The minimum atomic E-state index is -0.588. The fourth-order valence-electron chi connectivity index (χ4n) is 5.00. The molecule has 2 aliphatic rings. The van der Waals surface area contributed by atoms with Crippen LogP contribution in [0.3, 0.4) is 0 Å². The van der Waals surface area contributed by atoms with Crippen molar-refractivity contribution in [2.24, 2.45) is 10.5 Å². The molecule has 0 radical (unpaired) electrons. The number of amides is 1. The summed E-state index contributed by atoms with van der Waals surface area (Å²) in [4.78, 5) is 28.2. The van der Waals surface area contributed by atoms with Crippen LogP contribution in [-0.2, 0) is 17.9 Å². The number of rotatable bonds is 5. The standard InChI is InChI=1S/C25H26BrN5O2/c1-2-30-20(21(26)23(32)31(30)19-11-7-4-8-12-19)17-29-15-13-25(14-16-29)22(27-28-24(25)33)18-9-5-3-6-10-18/h3-12H,2,13-17H2,1H3,(H,28,33). The summed E-state index contributed by atoms with van der Waals surface area (Å²) in [5.74, 6) is -0.0112. The molecular weight excluding hydrogens is 482 g/mol. The summed E-state index contributed by atoms with van der Waals surface area (Å²) in [7, 11) is 0. The Hall–Kier alpha value is -2.97. The van der Waals surface area contributed by atoms with Gasteiger partial charge in [-0.05, 0) is 66.5 Å². The highest BCUT2D eigenvalue weighted by Gasteiger charge is 2.49. The molecule has 33 heavy (non-hydrogen) atoms. The number of hydrazone groups is 1. The Morgan fingerprint density at radius 2 is 1.64 bits per heavy atom. The number of hydrogen-bond donors (Lipinski definition) is 1. The zero-order valence-corrected chi connectivity index (χ0v) is 20.1. The second-order valence-corrected chi connectivity index (χ2v) is 9.35. The van der Waals surface area contributed by atoms with Crippen LogP contribution < -0.4 is 11.0 Å². The molecule has 1 N–H and O–H groups in total. The molecule has 7 nitrogen and oxygen atoms in total. The maximum absolute atomic E-state index is 13.1. The summed E-state index contributed by atoms with van der Waals surface area (Å²) in [6.07, 6.45) is 1.39. The minimum absolute atomic E-state index is 0.0112. The Morgan fingerprint density at radius 1 is 1.00 bits per heavy atom. The third kappa shape index (κ3) is 3.67. The second kappa shape index (κ2) is 8.76. The molecule has 1 amide bonds. The molecule has 2 aromatic carbocycles. The zero-order chi connectivity index (χ0) is 23.0. The Labute approximate surface area is 200 Å². The van der Waals surface area contributed by atoms with E-state index >= 15 is 0 Å². The van der Waals surface area contributed by atoms with Crippen LogP contribution in [0.2, 0.25) is 0 Å². The van der Waals surface area contributed by atoms with Gasteiger partial charge in [0.1, 0.15) is 4.47 Å². The van der Waals surface area contributed by atoms with E-state index in [-0.39, 0.29) is 11.5 Å². The lowest BCUT2D eigenvalue weighted by atomic mass is 9.72. The molecule has 3 aromatic rings. The van der Waals surface area contributed by atoms with Gasteiger partial charge in [-0.25, -0.2) is 10.1 Å². The third-order valence-corrected chi connectivity index (χ3v) is 7.57. The molecule has 5 rings (SSSR count). The Bertz CT molecular complexity index is 1260.